The van der Waals surface area contributed by atoms with Crippen molar-refractivity contribution >= 4 is 0 Å². The molecule has 0 bridgehead atoms. The average molecular weight is 608 g/mol. The van der Waals surface area contributed by atoms with Gasteiger partial charge >= 0.3 is 24.7 Å². The fraction of sp³-hybridized carbons (Fsp3) is 0.357. The molecule has 0 fully saturated rings. The minimum atomic E-state index is -5.00. The van der Waals surface area contributed by atoms with Crippen molar-refractivity contribution in [1.29, 1.82) is 0 Å². The molecule has 0 aliphatic rings. The van der Waals surface area contributed by atoms with Crippen LogP contribution < -0.4 is 0 Å². The Morgan fingerprint density at radius 1 is 0.390 bits per heavy atom. The molecule has 0 aliphatic carbocycles. The monoisotopic (exact) mass is 608 g/mol. The smallest absolute Gasteiger partial charge is 0.206 e. The predicted octanol–water partition coefficient (Wildman–Crippen LogP) is 11.1. The van der Waals surface area contributed by atoms with E-state index in [1.807, 2.05) is 0 Å². The molecule has 3 aromatic carbocycles. The van der Waals surface area contributed by atoms with Crippen LogP contribution in [-0.2, 0) is 24.7 Å². The zero-order chi connectivity index (χ0) is 32.3. The van der Waals surface area contributed by atoms with Crippen molar-refractivity contribution in [3.63, 3.8) is 0 Å². The highest BCUT2D eigenvalue weighted by Crippen LogP contribution is 2.43. The molecule has 0 amide bonds. The number of hydrogen-bond donors (Lipinski definition) is 0. The van der Waals surface area contributed by atoms with Gasteiger partial charge < -0.3 is 0 Å². The molecule has 0 radical (unpaired) electrons. The molecule has 0 unspecified atom stereocenters. The molecular formula is C28H25F13. The fourth-order valence-corrected chi connectivity index (χ4v) is 3.71. The maximum absolute atomic E-state index is 13.0. The molecule has 0 atom stereocenters. The van der Waals surface area contributed by atoms with Gasteiger partial charge in [0, 0.05) is 0 Å². The summed E-state index contributed by atoms with van der Waals surface area (Å²) in [4.78, 5) is 0. The van der Waals surface area contributed by atoms with Crippen LogP contribution in [0.1, 0.15) is 55.6 Å². The largest absolute Gasteiger partial charge is 0.419 e. The van der Waals surface area contributed by atoms with Crippen LogP contribution in [0, 0.1) is 47.4 Å². The van der Waals surface area contributed by atoms with Crippen LogP contribution in [-0.4, -0.2) is 0 Å². The van der Waals surface area contributed by atoms with E-state index in [0.29, 0.717) is 5.56 Å². The lowest BCUT2D eigenvalue weighted by Gasteiger charge is -2.19. The van der Waals surface area contributed by atoms with Crippen LogP contribution in [0.2, 0.25) is 0 Å². The third-order valence-corrected chi connectivity index (χ3v) is 5.71. The van der Waals surface area contributed by atoms with Crippen LogP contribution >= 0.6 is 0 Å². The highest BCUT2D eigenvalue weighted by Gasteiger charge is 2.45. The summed E-state index contributed by atoms with van der Waals surface area (Å²) in [5.74, 6) is -1.17. The molecule has 0 nitrogen and oxygen atoms in total. The summed E-state index contributed by atoms with van der Waals surface area (Å²) < 4.78 is 162. The van der Waals surface area contributed by atoms with Gasteiger partial charge in [0.15, 0.2) is 0 Å². The molecule has 0 aliphatic heterocycles. The first-order valence-electron chi connectivity index (χ1n) is 11.5. The van der Waals surface area contributed by atoms with Gasteiger partial charge in [0.2, 0.25) is 0 Å². The van der Waals surface area contributed by atoms with Gasteiger partial charge in [0.25, 0.3) is 0 Å². The Morgan fingerprint density at radius 2 is 0.707 bits per heavy atom. The van der Waals surface area contributed by atoms with E-state index < -0.39 is 63.9 Å². The predicted molar refractivity (Wildman–Crippen MR) is 128 cm³/mol. The van der Waals surface area contributed by atoms with Crippen LogP contribution in [0.25, 0.3) is 0 Å². The van der Waals surface area contributed by atoms with E-state index in [4.69, 9.17) is 0 Å². The summed E-state index contributed by atoms with van der Waals surface area (Å²) in [6, 6.07) is 8.99. The zero-order valence-electron chi connectivity index (χ0n) is 22.5. The summed E-state index contributed by atoms with van der Waals surface area (Å²) in [5, 5.41) is 0. The van der Waals surface area contributed by atoms with Crippen LogP contribution in [0.15, 0.2) is 42.5 Å². The Kier molecular flexibility index (Phi) is 11.1. The highest BCUT2D eigenvalue weighted by molar-refractivity contribution is 5.43. The fourth-order valence-electron chi connectivity index (χ4n) is 3.71. The van der Waals surface area contributed by atoms with Crippen LogP contribution in [0.3, 0.4) is 0 Å². The summed E-state index contributed by atoms with van der Waals surface area (Å²) in [7, 11) is 0. The topological polar surface area (TPSA) is 0 Å². The Labute approximate surface area is 227 Å². The molecule has 41 heavy (non-hydrogen) atoms. The van der Waals surface area contributed by atoms with Gasteiger partial charge in [-0.15, -0.1) is 0 Å². The number of alkyl halides is 12. The van der Waals surface area contributed by atoms with E-state index in [-0.39, 0.29) is 16.7 Å². The normalized spacial score (nSPS) is 12.3. The van der Waals surface area contributed by atoms with E-state index in [0.717, 1.165) is 32.0 Å². The first-order chi connectivity index (χ1) is 18.3. The molecule has 0 N–H and O–H groups in total. The van der Waals surface area contributed by atoms with Crippen molar-refractivity contribution in [2.75, 3.05) is 0 Å². The molecule has 0 saturated carbocycles. The first kappa shape index (κ1) is 35.8. The van der Waals surface area contributed by atoms with Gasteiger partial charge in [-0.05, 0) is 75.4 Å². The maximum atomic E-state index is 13.0. The molecule has 0 heterocycles. The lowest BCUT2D eigenvalue weighted by molar-refractivity contribution is -0.162. The van der Waals surface area contributed by atoms with E-state index in [1.165, 1.54) is 39.0 Å². The van der Waals surface area contributed by atoms with Crippen molar-refractivity contribution in [3.8, 4) is 0 Å². The van der Waals surface area contributed by atoms with Crippen LogP contribution in [0.4, 0.5) is 57.1 Å². The average Bonchev–Trinajstić information content (AvgIpc) is 2.77. The van der Waals surface area contributed by atoms with E-state index in [1.54, 1.807) is 13.0 Å². The SMILES string of the molecule is Cc1ccc(C)c(C(F)(F)F)c1.Cc1ccc(C)c(C(F)(F)F)c1C(F)(F)F.Cc1ccc(C)c(C(F)(F)F)c1F. The minimum absolute atomic E-state index is 0.0120. The van der Waals surface area contributed by atoms with Gasteiger partial charge in [-0.2, -0.15) is 52.7 Å². The van der Waals surface area contributed by atoms with E-state index in [2.05, 4.69) is 0 Å². The quantitative estimate of drug-likeness (QED) is 0.223. The number of hydrogen-bond acceptors (Lipinski definition) is 0. The van der Waals surface area contributed by atoms with Crippen molar-refractivity contribution in [2.24, 2.45) is 0 Å². The standard InChI is InChI=1S/C10H8F6.C9H8F4.C9H9F3/c1-5-3-4-6(2)8(10(14,15)16)7(5)9(11,12)13;1-5-3-4-6(2)8(10)7(5)9(11,12)13;1-6-3-4-7(2)8(5-6)9(10,11)12/h3-4H,1-2H3;3-4H,1-2H3;3-5H,1-2H3. The third kappa shape index (κ3) is 9.67. The van der Waals surface area contributed by atoms with Gasteiger partial charge in [-0.3, -0.25) is 0 Å². The number of aryl methyl sites for hydroxylation is 6. The third-order valence-electron chi connectivity index (χ3n) is 5.71. The molecule has 13 heteroatoms. The Hall–Kier alpha value is -3.25. The zero-order valence-corrected chi connectivity index (χ0v) is 22.5. The van der Waals surface area contributed by atoms with E-state index in [9.17, 15) is 57.1 Å². The van der Waals surface area contributed by atoms with Crippen molar-refractivity contribution < 1.29 is 57.1 Å². The molecule has 3 aromatic rings. The molecular weight excluding hydrogens is 583 g/mol. The summed E-state index contributed by atoms with van der Waals surface area (Å²) in [6.45, 7) is 7.68. The molecule has 0 aromatic heterocycles. The number of halogens is 13. The Bertz CT molecular complexity index is 1300. The van der Waals surface area contributed by atoms with Crippen LogP contribution in [0.5, 0.6) is 0 Å². The van der Waals surface area contributed by atoms with E-state index >= 15 is 0 Å². The molecule has 0 spiro atoms. The van der Waals surface area contributed by atoms with Crippen molar-refractivity contribution in [2.45, 2.75) is 66.2 Å². The Morgan fingerprint density at radius 3 is 1.00 bits per heavy atom. The molecule has 3 rings (SSSR count). The van der Waals surface area contributed by atoms with Crippen molar-refractivity contribution in [1.82, 2.24) is 0 Å². The second-order valence-electron chi connectivity index (χ2n) is 9.15. The summed E-state index contributed by atoms with van der Waals surface area (Å²) >= 11 is 0. The lowest BCUT2D eigenvalue weighted by Crippen LogP contribution is -2.19. The lowest BCUT2D eigenvalue weighted by atomic mass is 9.96. The summed E-state index contributed by atoms with van der Waals surface area (Å²) in [5.41, 5.74) is -4.92. The second kappa shape index (κ2) is 12.7. The van der Waals surface area contributed by atoms with Gasteiger partial charge in [-0.1, -0.05) is 42.0 Å². The molecule has 0 saturated heterocycles. The number of rotatable bonds is 0. The molecule has 228 valence electrons. The minimum Gasteiger partial charge on any atom is -0.206 e. The second-order valence-corrected chi connectivity index (χ2v) is 9.15. The maximum Gasteiger partial charge on any atom is 0.419 e. The first-order valence-corrected chi connectivity index (χ1v) is 11.5. The number of benzene rings is 3. The van der Waals surface area contributed by atoms with Gasteiger partial charge in [-0.25, -0.2) is 4.39 Å². The van der Waals surface area contributed by atoms with Crippen molar-refractivity contribution in [3.05, 3.63) is 104 Å². The highest BCUT2D eigenvalue weighted by atomic mass is 19.4. The van der Waals surface area contributed by atoms with Gasteiger partial charge in [0.1, 0.15) is 5.82 Å². The Balaban J connectivity index is 0.000000311. The summed E-state index contributed by atoms with van der Waals surface area (Å²) in [6.07, 6.45) is -18.8. The van der Waals surface area contributed by atoms with Gasteiger partial charge in [0.05, 0.1) is 22.3 Å².